The average molecular weight is 155 g/mol. The second kappa shape index (κ2) is 3.14. The van der Waals surface area contributed by atoms with Gasteiger partial charge in [0.2, 0.25) is 0 Å². The first-order chi connectivity index (χ1) is 5.01. The van der Waals surface area contributed by atoms with Crippen molar-refractivity contribution in [2.45, 2.75) is 52.5 Å². The molecule has 0 saturated heterocycles. The Bertz CT molecular complexity index is 127. The summed E-state index contributed by atoms with van der Waals surface area (Å²) in [5, 5.41) is 0. The van der Waals surface area contributed by atoms with E-state index >= 15 is 0 Å². The fourth-order valence-electron chi connectivity index (χ4n) is 2.21. The van der Waals surface area contributed by atoms with Gasteiger partial charge in [0.15, 0.2) is 0 Å². The van der Waals surface area contributed by atoms with Crippen molar-refractivity contribution in [2.75, 3.05) is 0 Å². The zero-order valence-corrected chi connectivity index (χ0v) is 8.06. The number of rotatable bonds is 1. The standard InChI is InChI=1S/C10H21N/c1-8(11)9-5-4-6-10(2,3)7-9/h8-9H,4-7,11H2,1-3H3. The largest absolute Gasteiger partial charge is 0.328 e. The number of hydrogen-bond donors (Lipinski definition) is 1. The monoisotopic (exact) mass is 155 g/mol. The highest BCUT2D eigenvalue weighted by Crippen LogP contribution is 2.39. The van der Waals surface area contributed by atoms with Gasteiger partial charge in [-0.25, -0.2) is 0 Å². The topological polar surface area (TPSA) is 26.0 Å². The molecule has 1 aliphatic carbocycles. The van der Waals surface area contributed by atoms with E-state index in [1.54, 1.807) is 0 Å². The Labute approximate surface area is 70.4 Å². The molecule has 0 bridgehead atoms. The molecule has 66 valence electrons. The van der Waals surface area contributed by atoms with Gasteiger partial charge in [-0.1, -0.05) is 20.3 Å². The summed E-state index contributed by atoms with van der Waals surface area (Å²) in [7, 11) is 0. The second-order valence-electron chi connectivity index (χ2n) is 4.88. The van der Waals surface area contributed by atoms with Crippen LogP contribution < -0.4 is 5.73 Å². The van der Waals surface area contributed by atoms with Crippen molar-refractivity contribution in [3.05, 3.63) is 0 Å². The van der Waals surface area contributed by atoms with Crippen molar-refractivity contribution in [1.82, 2.24) is 0 Å². The van der Waals surface area contributed by atoms with E-state index in [-0.39, 0.29) is 0 Å². The van der Waals surface area contributed by atoms with E-state index in [0.29, 0.717) is 11.5 Å². The molecule has 1 rings (SSSR count). The lowest BCUT2D eigenvalue weighted by atomic mass is 9.70. The summed E-state index contributed by atoms with van der Waals surface area (Å²) >= 11 is 0. The molecule has 1 saturated carbocycles. The van der Waals surface area contributed by atoms with Gasteiger partial charge in [0.25, 0.3) is 0 Å². The minimum absolute atomic E-state index is 0.398. The van der Waals surface area contributed by atoms with Crippen molar-refractivity contribution in [2.24, 2.45) is 17.1 Å². The van der Waals surface area contributed by atoms with Gasteiger partial charge in [-0.3, -0.25) is 0 Å². The van der Waals surface area contributed by atoms with Crippen LogP contribution in [0.25, 0.3) is 0 Å². The summed E-state index contributed by atoms with van der Waals surface area (Å²) in [6, 6.07) is 0.398. The SMILES string of the molecule is CC(N)C1CCCC(C)(C)C1. The van der Waals surface area contributed by atoms with Crippen molar-refractivity contribution in [3.63, 3.8) is 0 Å². The van der Waals surface area contributed by atoms with Crippen molar-refractivity contribution in [1.29, 1.82) is 0 Å². The van der Waals surface area contributed by atoms with Crippen molar-refractivity contribution >= 4 is 0 Å². The maximum atomic E-state index is 5.89. The first kappa shape index (κ1) is 9.05. The molecule has 0 aromatic carbocycles. The van der Waals surface area contributed by atoms with Crippen LogP contribution in [-0.2, 0) is 0 Å². The molecule has 2 N–H and O–H groups in total. The summed E-state index contributed by atoms with van der Waals surface area (Å²) in [5.74, 6) is 0.777. The normalized spacial score (nSPS) is 33.3. The van der Waals surface area contributed by atoms with E-state index in [1.807, 2.05) is 0 Å². The van der Waals surface area contributed by atoms with E-state index in [1.165, 1.54) is 25.7 Å². The number of hydrogen-bond acceptors (Lipinski definition) is 1. The third-order valence-corrected chi connectivity index (χ3v) is 2.99. The van der Waals surface area contributed by atoms with E-state index < -0.39 is 0 Å². The van der Waals surface area contributed by atoms with E-state index in [9.17, 15) is 0 Å². The Morgan fingerprint density at radius 3 is 2.45 bits per heavy atom. The van der Waals surface area contributed by atoms with Crippen LogP contribution in [0, 0.1) is 11.3 Å². The Morgan fingerprint density at radius 2 is 2.09 bits per heavy atom. The highest BCUT2D eigenvalue weighted by atomic mass is 14.6. The molecule has 0 aliphatic heterocycles. The fraction of sp³-hybridized carbons (Fsp3) is 1.00. The highest BCUT2D eigenvalue weighted by molar-refractivity contribution is 4.82. The summed E-state index contributed by atoms with van der Waals surface area (Å²) in [5.41, 5.74) is 6.44. The molecule has 0 radical (unpaired) electrons. The summed E-state index contributed by atoms with van der Waals surface area (Å²) < 4.78 is 0. The molecular formula is C10H21N. The molecule has 0 aromatic heterocycles. The average Bonchev–Trinajstić information content (AvgIpc) is 1.85. The Balaban J connectivity index is 2.46. The van der Waals surface area contributed by atoms with E-state index in [4.69, 9.17) is 5.73 Å². The molecule has 1 fully saturated rings. The van der Waals surface area contributed by atoms with E-state index in [2.05, 4.69) is 20.8 Å². The van der Waals surface area contributed by atoms with E-state index in [0.717, 1.165) is 5.92 Å². The zero-order valence-electron chi connectivity index (χ0n) is 8.06. The summed E-state index contributed by atoms with van der Waals surface area (Å²) in [6.07, 6.45) is 5.43. The Hall–Kier alpha value is -0.0400. The van der Waals surface area contributed by atoms with Gasteiger partial charge in [0.05, 0.1) is 0 Å². The number of nitrogens with two attached hydrogens (primary N) is 1. The quantitative estimate of drug-likeness (QED) is 0.618. The molecule has 0 amide bonds. The third kappa shape index (κ3) is 2.48. The molecule has 1 aliphatic rings. The van der Waals surface area contributed by atoms with Crippen LogP contribution in [0.15, 0.2) is 0 Å². The Morgan fingerprint density at radius 1 is 1.45 bits per heavy atom. The fourth-order valence-corrected chi connectivity index (χ4v) is 2.21. The van der Waals surface area contributed by atoms with Gasteiger partial charge >= 0.3 is 0 Å². The van der Waals surface area contributed by atoms with Crippen LogP contribution >= 0.6 is 0 Å². The predicted octanol–water partition coefficient (Wildman–Crippen LogP) is 2.55. The first-order valence-electron chi connectivity index (χ1n) is 4.77. The maximum absolute atomic E-state index is 5.89. The minimum atomic E-state index is 0.398. The lowest BCUT2D eigenvalue weighted by Crippen LogP contribution is -2.33. The molecule has 2 unspecified atom stereocenters. The molecule has 0 spiro atoms. The second-order valence-corrected chi connectivity index (χ2v) is 4.88. The zero-order chi connectivity index (χ0) is 8.48. The van der Waals surface area contributed by atoms with Crippen LogP contribution in [-0.4, -0.2) is 6.04 Å². The van der Waals surface area contributed by atoms with Crippen LogP contribution in [0.5, 0.6) is 0 Å². The predicted molar refractivity (Wildman–Crippen MR) is 49.4 cm³/mol. The Kier molecular flexibility index (Phi) is 2.58. The molecule has 1 nitrogen and oxygen atoms in total. The van der Waals surface area contributed by atoms with Crippen molar-refractivity contribution < 1.29 is 0 Å². The lowest BCUT2D eigenvalue weighted by Gasteiger charge is -2.36. The van der Waals surface area contributed by atoms with Crippen LogP contribution in [0.3, 0.4) is 0 Å². The van der Waals surface area contributed by atoms with Crippen LogP contribution in [0.2, 0.25) is 0 Å². The molecule has 0 aromatic rings. The molecule has 2 atom stereocenters. The molecule has 1 heteroatoms. The van der Waals surface area contributed by atoms with Gasteiger partial charge in [-0.05, 0) is 37.5 Å². The molecule has 0 heterocycles. The minimum Gasteiger partial charge on any atom is -0.328 e. The van der Waals surface area contributed by atoms with Gasteiger partial charge in [0, 0.05) is 6.04 Å². The molecule has 11 heavy (non-hydrogen) atoms. The first-order valence-corrected chi connectivity index (χ1v) is 4.77. The van der Waals surface area contributed by atoms with Gasteiger partial charge in [-0.15, -0.1) is 0 Å². The van der Waals surface area contributed by atoms with Crippen LogP contribution in [0.4, 0.5) is 0 Å². The van der Waals surface area contributed by atoms with Gasteiger partial charge < -0.3 is 5.73 Å². The third-order valence-electron chi connectivity index (χ3n) is 2.99. The molecular weight excluding hydrogens is 134 g/mol. The summed E-state index contributed by atoms with van der Waals surface area (Å²) in [4.78, 5) is 0. The van der Waals surface area contributed by atoms with Gasteiger partial charge in [-0.2, -0.15) is 0 Å². The smallest absolute Gasteiger partial charge is 0.00389 e. The maximum Gasteiger partial charge on any atom is 0.00389 e. The van der Waals surface area contributed by atoms with Crippen LogP contribution in [0.1, 0.15) is 46.5 Å². The lowest BCUT2D eigenvalue weighted by molar-refractivity contribution is 0.164. The van der Waals surface area contributed by atoms with Gasteiger partial charge in [0.1, 0.15) is 0 Å². The van der Waals surface area contributed by atoms with Crippen molar-refractivity contribution in [3.8, 4) is 0 Å². The summed E-state index contributed by atoms with van der Waals surface area (Å²) in [6.45, 7) is 6.87. The highest BCUT2D eigenvalue weighted by Gasteiger charge is 2.29.